The van der Waals surface area contributed by atoms with E-state index in [1.54, 1.807) is 48.3 Å². The largest absolute Gasteiger partial charge is 0.492 e. The lowest BCUT2D eigenvalue weighted by Gasteiger charge is -2.24. The highest BCUT2D eigenvalue weighted by atomic mass is 16.5. The number of hydrogen-bond donors (Lipinski definition) is 2. The van der Waals surface area contributed by atoms with E-state index in [1.807, 2.05) is 26.0 Å². The summed E-state index contributed by atoms with van der Waals surface area (Å²) in [4.78, 5) is 25.5. The first-order chi connectivity index (χ1) is 12.7. The quantitative estimate of drug-likeness (QED) is 0.735. The number of nitrogens with two attached hydrogens (primary N) is 1. The van der Waals surface area contributed by atoms with Gasteiger partial charge in [-0.2, -0.15) is 0 Å². The van der Waals surface area contributed by atoms with Gasteiger partial charge in [-0.25, -0.2) is 0 Å². The summed E-state index contributed by atoms with van der Waals surface area (Å²) in [5, 5.41) is 2.93. The fourth-order valence-electron chi connectivity index (χ4n) is 2.41. The van der Waals surface area contributed by atoms with Gasteiger partial charge in [0.15, 0.2) is 0 Å². The molecular weight excluding hydrogens is 342 g/mol. The van der Waals surface area contributed by atoms with Crippen LogP contribution >= 0.6 is 0 Å². The van der Waals surface area contributed by atoms with Crippen molar-refractivity contribution in [3.8, 4) is 5.75 Å². The van der Waals surface area contributed by atoms with Crippen LogP contribution in [0.3, 0.4) is 0 Å². The number of rotatable bonds is 7. The Kier molecular flexibility index (Phi) is 6.45. The SMILES string of the molecule is CC(=O)N(C)CCOc1ccc(NC(=O)C(C)(C)c2ccc(N)cc2)cc1. The Morgan fingerprint density at radius 2 is 1.67 bits per heavy atom. The van der Waals surface area contributed by atoms with Crippen LogP contribution in [-0.4, -0.2) is 36.9 Å². The van der Waals surface area contributed by atoms with Gasteiger partial charge < -0.3 is 20.7 Å². The number of ether oxygens (including phenoxy) is 1. The number of carbonyl (C=O) groups is 2. The molecule has 3 N–H and O–H groups in total. The number of nitrogens with zero attached hydrogens (tertiary/aromatic N) is 1. The lowest BCUT2D eigenvalue weighted by Crippen LogP contribution is -2.34. The summed E-state index contributed by atoms with van der Waals surface area (Å²) in [6, 6.07) is 14.5. The Hall–Kier alpha value is -3.02. The van der Waals surface area contributed by atoms with Gasteiger partial charge in [-0.05, 0) is 55.8 Å². The molecule has 0 aliphatic rings. The fourth-order valence-corrected chi connectivity index (χ4v) is 2.41. The van der Waals surface area contributed by atoms with Crippen LogP contribution in [0.25, 0.3) is 0 Å². The average molecular weight is 369 g/mol. The van der Waals surface area contributed by atoms with Gasteiger partial charge in [-0.15, -0.1) is 0 Å². The topological polar surface area (TPSA) is 84.7 Å². The summed E-state index contributed by atoms with van der Waals surface area (Å²) < 4.78 is 5.62. The first kappa shape index (κ1) is 20.3. The van der Waals surface area contributed by atoms with Crippen molar-refractivity contribution in [2.24, 2.45) is 0 Å². The molecule has 0 fully saturated rings. The van der Waals surface area contributed by atoms with E-state index in [4.69, 9.17) is 10.5 Å². The third-order valence-electron chi connectivity index (χ3n) is 4.55. The highest BCUT2D eigenvalue weighted by Crippen LogP contribution is 2.26. The Labute approximate surface area is 160 Å². The molecular formula is C21H27N3O3. The minimum atomic E-state index is -0.694. The number of amides is 2. The van der Waals surface area contributed by atoms with E-state index in [2.05, 4.69) is 5.32 Å². The van der Waals surface area contributed by atoms with Crippen LogP contribution in [0.5, 0.6) is 5.75 Å². The van der Waals surface area contributed by atoms with E-state index in [1.165, 1.54) is 6.92 Å². The number of nitrogens with one attached hydrogen (secondary N) is 1. The normalized spacial score (nSPS) is 11.0. The van der Waals surface area contributed by atoms with Crippen molar-refractivity contribution in [1.29, 1.82) is 0 Å². The van der Waals surface area contributed by atoms with Crippen molar-refractivity contribution in [3.63, 3.8) is 0 Å². The number of carbonyl (C=O) groups excluding carboxylic acids is 2. The van der Waals surface area contributed by atoms with E-state index in [-0.39, 0.29) is 11.8 Å². The lowest BCUT2D eigenvalue weighted by atomic mass is 9.83. The van der Waals surface area contributed by atoms with Gasteiger partial charge in [0, 0.05) is 25.3 Å². The van der Waals surface area contributed by atoms with Gasteiger partial charge in [-0.3, -0.25) is 9.59 Å². The van der Waals surface area contributed by atoms with Crippen molar-refractivity contribution >= 4 is 23.2 Å². The Balaban J connectivity index is 1.94. The first-order valence-electron chi connectivity index (χ1n) is 8.82. The van der Waals surface area contributed by atoms with Gasteiger partial charge in [0.1, 0.15) is 12.4 Å². The maximum absolute atomic E-state index is 12.7. The molecule has 2 amide bonds. The van der Waals surface area contributed by atoms with E-state index in [0.29, 0.717) is 30.3 Å². The summed E-state index contributed by atoms with van der Waals surface area (Å²) in [6.07, 6.45) is 0. The summed E-state index contributed by atoms with van der Waals surface area (Å²) in [7, 11) is 1.73. The van der Waals surface area contributed by atoms with Crippen LogP contribution in [0.2, 0.25) is 0 Å². The molecule has 2 rings (SSSR count). The molecule has 2 aromatic rings. The number of nitrogen functional groups attached to an aromatic ring is 1. The molecule has 144 valence electrons. The van der Waals surface area contributed by atoms with Crippen molar-refractivity contribution in [2.75, 3.05) is 31.2 Å². The second-order valence-corrected chi connectivity index (χ2v) is 7.01. The van der Waals surface area contributed by atoms with E-state index >= 15 is 0 Å². The first-order valence-corrected chi connectivity index (χ1v) is 8.82. The fraction of sp³-hybridized carbons (Fsp3) is 0.333. The molecule has 0 unspecified atom stereocenters. The molecule has 0 aromatic heterocycles. The monoisotopic (exact) mass is 369 g/mol. The van der Waals surface area contributed by atoms with E-state index in [9.17, 15) is 9.59 Å². The predicted molar refractivity (Wildman–Crippen MR) is 108 cm³/mol. The van der Waals surface area contributed by atoms with Gasteiger partial charge in [0.2, 0.25) is 11.8 Å². The molecule has 27 heavy (non-hydrogen) atoms. The highest BCUT2D eigenvalue weighted by Gasteiger charge is 2.29. The molecule has 0 saturated carbocycles. The summed E-state index contributed by atoms with van der Waals surface area (Å²) in [5.41, 5.74) is 7.27. The molecule has 0 bridgehead atoms. The van der Waals surface area contributed by atoms with Gasteiger partial charge in [-0.1, -0.05) is 12.1 Å². The Morgan fingerprint density at radius 3 is 2.22 bits per heavy atom. The van der Waals surface area contributed by atoms with Crippen LogP contribution in [0.15, 0.2) is 48.5 Å². The zero-order valence-corrected chi connectivity index (χ0v) is 16.3. The molecule has 2 aromatic carbocycles. The highest BCUT2D eigenvalue weighted by molar-refractivity contribution is 5.98. The molecule has 0 saturated heterocycles. The van der Waals surface area contributed by atoms with Crippen LogP contribution < -0.4 is 15.8 Å². The smallest absolute Gasteiger partial charge is 0.234 e. The lowest BCUT2D eigenvalue weighted by molar-refractivity contribution is -0.127. The molecule has 0 radical (unpaired) electrons. The van der Waals surface area contributed by atoms with Crippen LogP contribution in [0.1, 0.15) is 26.3 Å². The van der Waals surface area contributed by atoms with Crippen molar-refractivity contribution in [1.82, 2.24) is 4.90 Å². The predicted octanol–water partition coefficient (Wildman–Crippen LogP) is 3.04. The molecule has 0 aliphatic carbocycles. The zero-order chi connectivity index (χ0) is 20.0. The second kappa shape index (κ2) is 8.58. The summed E-state index contributed by atoms with van der Waals surface area (Å²) in [5.74, 6) is 0.576. The molecule has 0 spiro atoms. The minimum absolute atomic E-state index is 0.000350. The standard InChI is InChI=1S/C21H27N3O3/c1-15(25)24(4)13-14-27-19-11-9-18(10-12-19)23-20(26)21(2,3)16-5-7-17(22)8-6-16/h5-12H,13-14,22H2,1-4H3,(H,23,26). The van der Waals surface area contributed by atoms with Gasteiger partial charge in [0.05, 0.1) is 12.0 Å². The molecule has 0 atom stereocenters. The summed E-state index contributed by atoms with van der Waals surface area (Å²) in [6.45, 7) is 6.19. The molecule has 6 nitrogen and oxygen atoms in total. The summed E-state index contributed by atoms with van der Waals surface area (Å²) >= 11 is 0. The third-order valence-corrected chi connectivity index (χ3v) is 4.55. The third kappa shape index (κ3) is 5.48. The second-order valence-electron chi connectivity index (χ2n) is 7.01. The Morgan fingerprint density at radius 1 is 1.07 bits per heavy atom. The van der Waals surface area contributed by atoms with Crippen molar-refractivity contribution < 1.29 is 14.3 Å². The number of benzene rings is 2. The zero-order valence-electron chi connectivity index (χ0n) is 16.3. The number of likely N-dealkylation sites (N-methyl/N-ethyl adjacent to an activating group) is 1. The maximum atomic E-state index is 12.7. The molecule has 0 heterocycles. The van der Waals surface area contributed by atoms with Crippen LogP contribution in [0, 0.1) is 0 Å². The van der Waals surface area contributed by atoms with E-state index < -0.39 is 5.41 Å². The number of anilines is 2. The van der Waals surface area contributed by atoms with Crippen molar-refractivity contribution in [3.05, 3.63) is 54.1 Å². The van der Waals surface area contributed by atoms with E-state index in [0.717, 1.165) is 5.56 Å². The van der Waals surface area contributed by atoms with Gasteiger partial charge in [0.25, 0.3) is 0 Å². The van der Waals surface area contributed by atoms with Crippen molar-refractivity contribution in [2.45, 2.75) is 26.2 Å². The van der Waals surface area contributed by atoms with Crippen LogP contribution in [0.4, 0.5) is 11.4 Å². The molecule has 6 heteroatoms. The Bertz CT molecular complexity index is 783. The average Bonchev–Trinajstić information content (AvgIpc) is 2.63. The molecule has 0 aliphatic heterocycles. The maximum Gasteiger partial charge on any atom is 0.234 e. The van der Waals surface area contributed by atoms with Crippen LogP contribution in [-0.2, 0) is 15.0 Å². The minimum Gasteiger partial charge on any atom is -0.492 e. The van der Waals surface area contributed by atoms with Gasteiger partial charge >= 0.3 is 0 Å². The number of hydrogen-bond acceptors (Lipinski definition) is 4.